The Hall–Kier alpha value is -1.71. The summed E-state index contributed by atoms with van der Waals surface area (Å²) in [5.74, 6) is 0. The van der Waals surface area contributed by atoms with Crippen LogP contribution in [0.3, 0.4) is 0 Å². The summed E-state index contributed by atoms with van der Waals surface area (Å²) < 4.78 is 46.8. The number of rotatable bonds is 2. The SMILES string of the molecule is O=c1[nH]cc([S@](=O)C(F)(F)F)cc1[N+](=O)[O-]. The first-order valence-corrected chi connectivity index (χ1v) is 4.74. The Kier molecular flexibility index (Phi) is 3.12. The lowest BCUT2D eigenvalue weighted by molar-refractivity contribution is -0.386. The molecule has 1 aromatic rings. The van der Waals surface area contributed by atoms with Crippen LogP contribution in [0.2, 0.25) is 0 Å². The van der Waals surface area contributed by atoms with E-state index in [-0.39, 0.29) is 0 Å². The fourth-order valence-corrected chi connectivity index (χ4v) is 1.48. The summed E-state index contributed by atoms with van der Waals surface area (Å²) >= 11 is 0. The molecule has 0 amide bonds. The zero-order chi connectivity index (χ0) is 12.5. The zero-order valence-corrected chi connectivity index (χ0v) is 8.09. The minimum Gasteiger partial charge on any atom is -0.322 e. The maximum Gasteiger partial charge on any atom is 0.475 e. The van der Waals surface area contributed by atoms with Crippen LogP contribution in [-0.2, 0) is 10.8 Å². The van der Waals surface area contributed by atoms with Crippen LogP contribution in [0.25, 0.3) is 0 Å². The van der Waals surface area contributed by atoms with Crippen LogP contribution < -0.4 is 5.56 Å². The van der Waals surface area contributed by atoms with Gasteiger partial charge in [-0.1, -0.05) is 0 Å². The number of aromatic amines is 1. The molecule has 88 valence electrons. The number of alkyl halides is 3. The zero-order valence-electron chi connectivity index (χ0n) is 7.28. The van der Waals surface area contributed by atoms with Gasteiger partial charge < -0.3 is 4.98 Å². The van der Waals surface area contributed by atoms with Gasteiger partial charge in [-0.25, -0.2) is 4.21 Å². The molecule has 10 heteroatoms. The van der Waals surface area contributed by atoms with Crippen molar-refractivity contribution in [1.29, 1.82) is 0 Å². The second-order valence-corrected chi connectivity index (χ2v) is 3.99. The van der Waals surface area contributed by atoms with Gasteiger partial charge >= 0.3 is 16.8 Å². The van der Waals surface area contributed by atoms with Crippen molar-refractivity contribution >= 4 is 16.5 Å². The minimum atomic E-state index is -5.04. The number of halogens is 3. The van der Waals surface area contributed by atoms with Gasteiger partial charge in [-0.05, 0) is 0 Å². The Labute approximate surface area is 87.7 Å². The molecule has 1 N–H and O–H groups in total. The van der Waals surface area contributed by atoms with Crippen LogP contribution in [-0.4, -0.2) is 19.6 Å². The van der Waals surface area contributed by atoms with Crippen molar-refractivity contribution in [3.05, 3.63) is 32.7 Å². The van der Waals surface area contributed by atoms with Gasteiger partial charge in [0.15, 0.2) is 10.8 Å². The molecule has 6 nitrogen and oxygen atoms in total. The molecule has 0 aliphatic rings. The van der Waals surface area contributed by atoms with Crippen molar-refractivity contribution in [2.75, 3.05) is 0 Å². The van der Waals surface area contributed by atoms with Crippen LogP contribution in [0, 0.1) is 10.1 Å². The van der Waals surface area contributed by atoms with Crippen molar-refractivity contribution in [1.82, 2.24) is 4.98 Å². The average molecular weight is 256 g/mol. The molecule has 1 aromatic heterocycles. The van der Waals surface area contributed by atoms with E-state index in [1.807, 2.05) is 0 Å². The van der Waals surface area contributed by atoms with Gasteiger partial charge in [-0.3, -0.25) is 14.9 Å². The van der Waals surface area contributed by atoms with E-state index in [1.54, 1.807) is 4.98 Å². The number of hydrogen-bond acceptors (Lipinski definition) is 4. The van der Waals surface area contributed by atoms with E-state index < -0.39 is 37.4 Å². The molecule has 0 fully saturated rings. The van der Waals surface area contributed by atoms with E-state index in [4.69, 9.17) is 0 Å². The molecule has 0 radical (unpaired) electrons. The molecule has 0 aliphatic carbocycles. The number of hydrogen-bond donors (Lipinski definition) is 1. The van der Waals surface area contributed by atoms with E-state index in [1.165, 1.54) is 0 Å². The van der Waals surface area contributed by atoms with Gasteiger partial charge in [0, 0.05) is 12.3 Å². The number of H-pyrrole nitrogens is 1. The second-order valence-electron chi connectivity index (χ2n) is 2.52. The van der Waals surface area contributed by atoms with Crippen LogP contribution in [0.1, 0.15) is 0 Å². The van der Waals surface area contributed by atoms with E-state index in [2.05, 4.69) is 0 Å². The van der Waals surface area contributed by atoms with E-state index in [0.717, 1.165) is 0 Å². The molecule has 1 atom stereocenters. The second kappa shape index (κ2) is 4.04. The third-order valence-corrected chi connectivity index (χ3v) is 2.56. The highest BCUT2D eigenvalue weighted by Crippen LogP contribution is 2.26. The van der Waals surface area contributed by atoms with Gasteiger partial charge in [0.1, 0.15) is 0 Å². The summed E-state index contributed by atoms with van der Waals surface area (Å²) in [5.41, 5.74) is -7.28. The molecule has 0 aromatic carbocycles. The quantitative estimate of drug-likeness (QED) is 0.628. The summed E-state index contributed by atoms with van der Waals surface area (Å²) in [5, 5.41) is 10.3. The van der Waals surface area contributed by atoms with Gasteiger partial charge in [-0.2, -0.15) is 13.2 Å². The highest BCUT2D eigenvalue weighted by atomic mass is 32.2. The average Bonchev–Trinajstić information content (AvgIpc) is 2.15. The molecule has 1 rings (SSSR count). The van der Waals surface area contributed by atoms with E-state index in [9.17, 15) is 32.3 Å². The minimum absolute atomic E-state index is 0.336. The first kappa shape index (κ1) is 12.4. The predicted octanol–water partition coefficient (Wildman–Crippen LogP) is 0.911. The third-order valence-electron chi connectivity index (χ3n) is 1.48. The summed E-state index contributed by atoms with van der Waals surface area (Å²) in [7, 11) is -3.41. The normalized spacial score (nSPS) is 13.4. The Morgan fingerprint density at radius 1 is 1.44 bits per heavy atom. The topological polar surface area (TPSA) is 93.1 Å². The first-order valence-electron chi connectivity index (χ1n) is 3.59. The van der Waals surface area contributed by atoms with Crippen molar-refractivity contribution < 1.29 is 22.3 Å². The highest BCUT2D eigenvalue weighted by molar-refractivity contribution is 7.86. The van der Waals surface area contributed by atoms with Crippen LogP contribution in [0.4, 0.5) is 18.9 Å². The van der Waals surface area contributed by atoms with Crippen LogP contribution in [0.5, 0.6) is 0 Å². The van der Waals surface area contributed by atoms with Crippen LogP contribution in [0.15, 0.2) is 22.0 Å². The number of nitro groups is 1. The standard InChI is InChI=1S/C6H3F3N2O4S/c7-6(8,9)16(15)3-1-4(11(13)14)5(12)10-2-3/h1-2H,(H,10,12)/t16-/m0/s1. The number of aromatic nitrogens is 1. The van der Waals surface area contributed by atoms with Gasteiger partial charge in [0.05, 0.1) is 9.82 Å². The maximum atomic E-state index is 12.0. The molecule has 16 heavy (non-hydrogen) atoms. The van der Waals surface area contributed by atoms with E-state index in [0.29, 0.717) is 12.3 Å². The monoisotopic (exact) mass is 256 g/mol. The molecule has 0 bridgehead atoms. The van der Waals surface area contributed by atoms with Crippen molar-refractivity contribution in [2.24, 2.45) is 0 Å². The van der Waals surface area contributed by atoms with E-state index >= 15 is 0 Å². The largest absolute Gasteiger partial charge is 0.475 e. The molecule has 0 aliphatic heterocycles. The number of nitrogens with zero attached hydrogens (tertiary/aromatic N) is 1. The molecular formula is C6H3F3N2O4S. The first-order chi connectivity index (χ1) is 7.23. The Bertz CT molecular complexity index is 509. The molecule has 0 spiro atoms. The maximum absolute atomic E-state index is 12.0. The molecular weight excluding hydrogens is 253 g/mol. The third kappa shape index (κ3) is 2.45. The fourth-order valence-electron chi connectivity index (χ4n) is 0.829. The summed E-state index contributed by atoms with van der Waals surface area (Å²) in [4.78, 5) is 20.7. The molecule has 0 saturated carbocycles. The smallest absolute Gasteiger partial charge is 0.322 e. The summed E-state index contributed by atoms with van der Waals surface area (Å²) in [6, 6.07) is 0.336. The Morgan fingerprint density at radius 2 is 2.00 bits per heavy atom. The summed E-state index contributed by atoms with van der Waals surface area (Å²) in [6.07, 6.45) is 0.527. The van der Waals surface area contributed by atoms with Crippen molar-refractivity contribution in [3.63, 3.8) is 0 Å². The predicted molar refractivity (Wildman–Crippen MR) is 46.2 cm³/mol. The Balaban J connectivity index is 3.29. The Morgan fingerprint density at radius 3 is 2.44 bits per heavy atom. The van der Waals surface area contributed by atoms with Crippen molar-refractivity contribution in [3.8, 4) is 0 Å². The lowest BCUT2D eigenvalue weighted by Crippen LogP contribution is -2.19. The van der Waals surface area contributed by atoms with Gasteiger partial charge in [-0.15, -0.1) is 0 Å². The lowest BCUT2D eigenvalue weighted by Gasteiger charge is -2.04. The molecule has 1 heterocycles. The summed E-state index contributed by atoms with van der Waals surface area (Å²) in [6.45, 7) is 0. The number of nitrogens with one attached hydrogen (secondary N) is 1. The highest BCUT2D eigenvalue weighted by Gasteiger charge is 2.38. The van der Waals surface area contributed by atoms with Crippen molar-refractivity contribution in [2.45, 2.75) is 10.4 Å². The molecule has 0 unspecified atom stereocenters. The van der Waals surface area contributed by atoms with Gasteiger partial charge in [0.2, 0.25) is 0 Å². The van der Waals surface area contributed by atoms with Crippen LogP contribution >= 0.6 is 0 Å². The van der Waals surface area contributed by atoms with Gasteiger partial charge in [0.25, 0.3) is 0 Å². The molecule has 0 saturated heterocycles. The number of pyridine rings is 1. The fraction of sp³-hybridized carbons (Fsp3) is 0.167. The lowest BCUT2D eigenvalue weighted by atomic mass is 10.4.